The van der Waals surface area contributed by atoms with E-state index >= 15 is 0 Å². The monoisotopic (exact) mass is 379 g/mol. The number of amides is 3. The smallest absolute Gasteiger partial charge is 0.317 e. The third kappa shape index (κ3) is 4.83. The van der Waals surface area contributed by atoms with Gasteiger partial charge in [0.05, 0.1) is 6.54 Å². The van der Waals surface area contributed by atoms with E-state index in [1.54, 1.807) is 16.5 Å². The largest absolute Gasteiger partial charge is 0.368 e. The van der Waals surface area contributed by atoms with Crippen LogP contribution in [-0.2, 0) is 4.79 Å². The number of benzene rings is 1. The second kappa shape index (κ2) is 8.17. The van der Waals surface area contributed by atoms with E-state index < -0.39 is 0 Å². The summed E-state index contributed by atoms with van der Waals surface area (Å²) in [5.74, 6) is -0.291. The van der Waals surface area contributed by atoms with E-state index in [0.717, 1.165) is 18.8 Å². The van der Waals surface area contributed by atoms with Gasteiger partial charge in [0.25, 0.3) is 0 Å². The summed E-state index contributed by atoms with van der Waals surface area (Å²) in [5.41, 5.74) is 1.05. The molecule has 1 saturated heterocycles. The van der Waals surface area contributed by atoms with Crippen molar-refractivity contribution in [1.29, 1.82) is 0 Å². The Morgan fingerprint density at radius 2 is 2.04 bits per heavy atom. The van der Waals surface area contributed by atoms with Gasteiger partial charge in [-0.15, -0.1) is 11.3 Å². The molecule has 0 atom stereocenters. The Morgan fingerprint density at radius 3 is 2.72 bits per heavy atom. The van der Waals surface area contributed by atoms with Crippen molar-refractivity contribution in [3.05, 3.63) is 40.9 Å². The lowest BCUT2D eigenvalue weighted by Gasteiger charge is -2.36. The minimum atomic E-state index is -0.291. The summed E-state index contributed by atoms with van der Waals surface area (Å²) in [4.78, 5) is 31.8. The Morgan fingerprint density at radius 1 is 1.24 bits per heavy atom. The van der Waals surface area contributed by atoms with Crippen molar-refractivity contribution in [2.45, 2.75) is 0 Å². The highest BCUT2D eigenvalue weighted by atomic mass is 35.5. The molecule has 0 bridgehead atoms. The zero-order valence-corrected chi connectivity index (χ0v) is 15.0. The summed E-state index contributed by atoms with van der Waals surface area (Å²) in [6.07, 6.45) is 1.61. The summed E-state index contributed by atoms with van der Waals surface area (Å²) in [6.45, 7) is 2.55. The molecule has 25 heavy (non-hydrogen) atoms. The number of hydrogen-bond donors (Lipinski definition) is 2. The van der Waals surface area contributed by atoms with Crippen LogP contribution in [0.1, 0.15) is 0 Å². The highest BCUT2D eigenvalue weighted by Gasteiger charge is 2.21. The van der Waals surface area contributed by atoms with Gasteiger partial charge in [0.15, 0.2) is 5.13 Å². The number of carbonyl (C=O) groups is 2. The number of urea groups is 1. The molecule has 1 fully saturated rings. The maximum absolute atomic E-state index is 12.2. The van der Waals surface area contributed by atoms with Crippen molar-refractivity contribution in [3.63, 3.8) is 0 Å². The zero-order valence-electron chi connectivity index (χ0n) is 13.4. The molecule has 1 aliphatic rings. The molecule has 0 radical (unpaired) electrons. The van der Waals surface area contributed by atoms with E-state index in [2.05, 4.69) is 20.5 Å². The molecule has 2 aromatic rings. The van der Waals surface area contributed by atoms with E-state index in [0.29, 0.717) is 23.2 Å². The summed E-state index contributed by atoms with van der Waals surface area (Å²) >= 11 is 7.35. The molecule has 2 N–H and O–H groups in total. The van der Waals surface area contributed by atoms with Gasteiger partial charge in [-0.3, -0.25) is 4.79 Å². The second-order valence-corrected chi connectivity index (χ2v) is 6.83. The Kier molecular flexibility index (Phi) is 5.72. The lowest BCUT2D eigenvalue weighted by atomic mass is 10.2. The fourth-order valence-electron chi connectivity index (χ4n) is 2.56. The lowest BCUT2D eigenvalue weighted by Crippen LogP contribution is -2.52. The standard InChI is InChI=1S/C16H18ClN5O2S/c17-12-2-1-3-13(10-12)21-5-7-22(8-6-21)16(24)19-11-14(23)20-15-18-4-9-25-15/h1-4,9-10H,5-8,11H2,(H,19,24)(H,18,20,23). The van der Waals surface area contributed by atoms with Gasteiger partial charge in [-0.25, -0.2) is 9.78 Å². The molecule has 3 rings (SSSR count). The molecule has 0 aliphatic carbocycles. The molecule has 1 aromatic carbocycles. The first kappa shape index (κ1) is 17.5. The normalized spacial score (nSPS) is 14.3. The van der Waals surface area contributed by atoms with E-state index in [-0.39, 0.29) is 18.5 Å². The molecule has 0 unspecified atom stereocenters. The van der Waals surface area contributed by atoms with E-state index in [4.69, 9.17) is 11.6 Å². The Labute approximate surface area is 154 Å². The molecule has 2 heterocycles. The Balaban J connectivity index is 1.43. The summed E-state index contributed by atoms with van der Waals surface area (Å²) in [6, 6.07) is 7.44. The number of anilines is 2. The molecule has 1 aliphatic heterocycles. The number of piperazine rings is 1. The third-order valence-electron chi connectivity index (χ3n) is 3.82. The van der Waals surface area contributed by atoms with E-state index in [9.17, 15) is 9.59 Å². The van der Waals surface area contributed by atoms with Gasteiger partial charge in [-0.1, -0.05) is 17.7 Å². The van der Waals surface area contributed by atoms with Crippen LogP contribution in [-0.4, -0.2) is 54.5 Å². The minimum Gasteiger partial charge on any atom is -0.368 e. The molecule has 9 heteroatoms. The van der Waals surface area contributed by atoms with Gasteiger partial charge in [0.2, 0.25) is 5.91 Å². The first-order valence-corrected chi connectivity index (χ1v) is 9.10. The number of aromatic nitrogens is 1. The molecule has 7 nitrogen and oxygen atoms in total. The molecule has 132 valence electrons. The molecular formula is C16H18ClN5O2S. The molecule has 0 saturated carbocycles. The van der Waals surface area contributed by atoms with Crippen LogP contribution >= 0.6 is 22.9 Å². The van der Waals surface area contributed by atoms with Crippen molar-refractivity contribution in [1.82, 2.24) is 15.2 Å². The van der Waals surface area contributed by atoms with Gasteiger partial charge in [-0.05, 0) is 18.2 Å². The maximum atomic E-state index is 12.2. The van der Waals surface area contributed by atoms with Gasteiger partial charge in [-0.2, -0.15) is 0 Å². The predicted molar refractivity (Wildman–Crippen MR) is 99.4 cm³/mol. The third-order valence-corrected chi connectivity index (χ3v) is 4.74. The zero-order chi connectivity index (χ0) is 17.6. The van der Waals surface area contributed by atoms with Crippen LogP contribution in [0.3, 0.4) is 0 Å². The van der Waals surface area contributed by atoms with Crippen molar-refractivity contribution in [2.75, 3.05) is 42.9 Å². The summed E-state index contributed by atoms with van der Waals surface area (Å²) in [5, 5.41) is 8.26. The molecule has 1 aromatic heterocycles. The lowest BCUT2D eigenvalue weighted by molar-refractivity contribution is -0.115. The van der Waals surface area contributed by atoms with Crippen LogP contribution in [0.4, 0.5) is 15.6 Å². The van der Waals surface area contributed by atoms with Gasteiger partial charge < -0.3 is 20.4 Å². The fraction of sp³-hybridized carbons (Fsp3) is 0.312. The number of rotatable bonds is 4. The first-order chi connectivity index (χ1) is 12.1. The number of nitrogens with one attached hydrogen (secondary N) is 2. The number of hydrogen-bond acceptors (Lipinski definition) is 5. The van der Waals surface area contributed by atoms with Gasteiger partial charge in [0, 0.05) is 48.5 Å². The fourth-order valence-corrected chi connectivity index (χ4v) is 3.29. The van der Waals surface area contributed by atoms with Crippen LogP contribution in [0.15, 0.2) is 35.8 Å². The molecule has 3 amide bonds. The van der Waals surface area contributed by atoms with Crippen molar-refractivity contribution in [2.24, 2.45) is 0 Å². The van der Waals surface area contributed by atoms with E-state index in [1.807, 2.05) is 24.3 Å². The molecule has 0 spiro atoms. The highest BCUT2D eigenvalue weighted by molar-refractivity contribution is 7.13. The van der Waals surface area contributed by atoms with Crippen LogP contribution in [0.5, 0.6) is 0 Å². The summed E-state index contributed by atoms with van der Waals surface area (Å²) in [7, 11) is 0. The van der Waals surface area contributed by atoms with E-state index in [1.165, 1.54) is 11.3 Å². The quantitative estimate of drug-likeness (QED) is 0.854. The average Bonchev–Trinajstić information content (AvgIpc) is 3.13. The number of halogens is 1. The van der Waals surface area contributed by atoms with Crippen molar-refractivity contribution >= 4 is 45.7 Å². The topological polar surface area (TPSA) is 77.6 Å². The van der Waals surface area contributed by atoms with Crippen LogP contribution in [0.2, 0.25) is 5.02 Å². The van der Waals surface area contributed by atoms with Gasteiger partial charge >= 0.3 is 6.03 Å². The number of thiazole rings is 1. The van der Waals surface area contributed by atoms with Crippen molar-refractivity contribution in [3.8, 4) is 0 Å². The van der Waals surface area contributed by atoms with Crippen molar-refractivity contribution < 1.29 is 9.59 Å². The van der Waals surface area contributed by atoms with Crippen LogP contribution in [0, 0.1) is 0 Å². The van der Waals surface area contributed by atoms with Gasteiger partial charge in [0.1, 0.15) is 0 Å². The Bertz CT molecular complexity index is 732. The predicted octanol–water partition coefficient (Wildman–Crippen LogP) is 2.27. The average molecular weight is 380 g/mol. The first-order valence-electron chi connectivity index (χ1n) is 7.84. The van der Waals surface area contributed by atoms with Crippen LogP contribution in [0.25, 0.3) is 0 Å². The molecular weight excluding hydrogens is 362 g/mol. The van der Waals surface area contributed by atoms with Crippen LogP contribution < -0.4 is 15.5 Å². The number of nitrogens with zero attached hydrogens (tertiary/aromatic N) is 3. The minimum absolute atomic E-state index is 0.0765. The second-order valence-electron chi connectivity index (χ2n) is 5.50. The summed E-state index contributed by atoms with van der Waals surface area (Å²) < 4.78 is 0. The number of carbonyl (C=O) groups excluding carboxylic acids is 2. The maximum Gasteiger partial charge on any atom is 0.317 e. The highest BCUT2D eigenvalue weighted by Crippen LogP contribution is 2.20. The SMILES string of the molecule is O=C(CNC(=O)N1CCN(c2cccc(Cl)c2)CC1)Nc1nccs1. The Hall–Kier alpha value is -2.32.